The van der Waals surface area contributed by atoms with Crippen molar-refractivity contribution in [2.24, 2.45) is 57.3 Å². The number of fused-ring (bicyclic) bond motifs is 1. The lowest BCUT2D eigenvalue weighted by atomic mass is 9.94. The summed E-state index contributed by atoms with van der Waals surface area (Å²) < 4.78 is 144. The van der Waals surface area contributed by atoms with Gasteiger partial charge in [-0.15, -0.1) is 0 Å². The van der Waals surface area contributed by atoms with Crippen LogP contribution in [0, 0.1) is 5.41 Å². The number of aliphatic imine (C=N–C) groups is 4. The number of nitrogens with two attached hydrogens (primary N) is 3. The van der Waals surface area contributed by atoms with Gasteiger partial charge in [0.15, 0.2) is 84.6 Å². The standard InChI is InChI=1S/C17H25FN3O7PS.2C12H17FN6O3.C11H14F2N6O3.C11H15FN6O4/c1-5-17-8-25-29(24,26-9-30-14(22)16(2,3)4)28-12(17)11(18)13(27-17)21-7-6-10(19)20-15(21)23;1-6-3-19(7(2)17-10(6)14)11-8(13)9(21)12(5-20,22-11)4-16-18-15;1-7-17-8(15-2)3-4-19(7)11-9(13)10(21)12(6-20,22-11)5-16-18-14;1-5-17-9(14)6(12)2-19(5)10-7(13)8(21)11(4-20,22-10)3-16-18-15;1-6-15-7(16-21)2-3-18(6)10-8(12)9(20)11(5-19,22-10)4-14-17-13/h6-7,11-13H,5,8-9H2,1-4H3,(H2,19,20,23);3,8-9,11,20-21H,2,4-5H2,1H3,(H2,14,17);3-4,9-11,20-21H,1,5-6H2,2H3,(H,15,17);2,7-8,10,20-21H,1,3-4H2,(H2,14,17);2-3,8-10,19-21H,1,4-5H2,(H,15,16)/t11?,12?,13-,17+,29?;8-,9+,11-,12-;9-,10+,11-,12-;7-,8+,10-,11-;8-,9+,10-,11-/m11111/s1. The molecule has 6 fully saturated rings. The fraction of sp³-hybridized carbons (Fsp3) is 0.603. The largest absolute Gasteiger partial charge is 0.476 e. The monoisotopic (exact) mass is 1720 g/mol. The number of hydrogen-bond donors (Lipinski definition) is 14. The number of thioether (sulfide) groups is 1. The highest BCUT2D eigenvalue weighted by molar-refractivity contribution is 8.13. The van der Waals surface area contributed by atoms with Crippen LogP contribution >= 0.6 is 19.6 Å². The van der Waals surface area contributed by atoms with Gasteiger partial charge in [0, 0.05) is 68.7 Å². The molecule has 0 bridgehead atoms. The fourth-order valence-electron chi connectivity index (χ4n) is 12.3. The molecule has 0 amide bonds. The molecule has 6 saturated heterocycles. The molecule has 0 radical (unpaired) electrons. The topological polar surface area (TPSA) is 685 Å². The number of aliphatic hydroxyl groups excluding tert-OH is 8. The number of nitrogens with zero attached hydrogens (tertiary/aromatic N) is 22. The lowest BCUT2D eigenvalue weighted by Gasteiger charge is -2.39. The molecule has 3 unspecified atom stereocenters. The number of phosphoric acid groups is 1. The van der Waals surface area contributed by atoms with Crippen molar-refractivity contribution in [2.75, 3.05) is 77.9 Å². The lowest BCUT2D eigenvalue weighted by molar-refractivity contribution is -0.148. The first-order valence-electron chi connectivity index (χ1n) is 34.7. The average Bonchev–Trinajstić information content (AvgIpc) is 1.58. The minimum atomic E-state index is -4.14. The molecule has 1 aromatic rings. The summed E-state index contributed by atoms with van der Waals surface area (Å²) in [5, 5.41) is 102. The van der Waals surface area contributed by atoms with Gasteiger partial charge in [0.1, 0.15) is 105 Å². The Morgan fingerprint density at radius 1 is 0.695 bits per heavy atom. The summed E-state index contributed by atoms with van der Waals surface area (Å²) in [6.45, 7) is 18.2. The van der Waals surface area contributed by atoms with Gasteiger partial charge in [-0.1, -0.05) is 86.2 Å². The van der Waals surface area contributed by atoms with Crippen LogP contribution < -0.4 is 33.7 Å². The number of halogens is 6. The fourth-order valence-corrected chi connectivity index (χ4v) is 14.7. The third kappa shape index (κ3) is 20.3. The molecule has 0 aromatic carbocycles. The molecule has 11 heterocycles. The van der Waals surface area contributed by atoms with Gasteiger partial charge < -0.3 is 107 Å². The first-order chi connectivity index (χ1) is 55.6. The minimum absolute atomic E-state index is 0.00735. The van der Waals surface area contributed by atoms with E-state index in [1.54, 1.807) is 47.7 Å². The van der Waals surface area contributed by atoms with Gasteiger partial charge in [0.05, 0.1) is 59.2 Å². The van der Waals surface area contributed by atoms with E-state index in [9.17, 15) is 77.0 Å². The number of aromatic nitrogens is 2. The van der Waals surface area contributed by atoms with Crippen molar-refractivity contribution in [3.8, 4) is 0 Å². The number of carbonyl (C=O) groups excluding carboxylic acids is 1. The predicted molar refractivity (Wildman–Crippen MR) is 403 cm³/mol. The molecule has 47 nitrogen and oxygen atoms in total. The highest BCUT2D eigenvalue weighted by atomic mass is 32.2. The zero-order valence-corrected chi connectivity index (χ0v) is 65.3. The number of aliphatic hydroxyl groups is 8. The first-order valence-corrected chi connectivity index (χ1v) is 37.2. The van der Waals surface area contributed by atoms with Gasteiger partial charge in [-0.05, 0) is 53.7 Å². The van der Waals surface area contributed by atoms with Crippen molar-refractivity contribution in [3.63, 3.8) is 0 Å². The van der Waals surface area contributed by atoms with Crippen LogP contribution in [0.15, 0.2) is 155 Å². The zero-order chi connectivity index (χ0) is 88.0. The summed E-state index contributed by atoms with van der Waals surface area (Å²) in [5.41, 5.74) is 42.6. The zero-order valence-electron chi connectivity index (χ0n) is 63.6. The van der Waals surface area contributed by atoms with Crippen molar-refractivity contribution < 1.29 is 119 Å². The molecule has 17 N–H and O–H groups in total. The number of amidine groups is 4. The van der Waals surface area contributed by atoms with Crippen LogP contribution in [0.25, 0.3) is 41.8 Å². The number of hydrogen-bond acceptors (Lipinski definition) is 38. The second-order valence-electron chi connectivity index (χ2n) is 27.7. The molecular weight excluding hydrogens is 1630 g/mol. The third-order valence-electron chi connectivity index (χ3n) is 19.1. The Morgan fingerprint density at radius 2 is 1.13 bits per heavy atom. The maximum Gasteiger partial charge on any atom is 0.476 e. The third-order valence-corrected chi connectivity index (χ3v) is 21.8. The van der Waals surface area contributed by atoms with Gasteiger partial charge in [-0.3, -0.25) is 38.6 Å². The van der Waals surface area contributed by atoms with Crippen molar-refractivity contribution in [1.82, 2.24) is 39.9 Å². The number of alkyl halides is 5. The van der Waals surface area contributed by atoms with Crippen LogP contribution in [0.3, 0.4) is 0 Å². The molecule has 118 heavy (non-hydrogen) atoms. The van der Waals surface area contributed by atoms with Crippen molar-refractivity contribution in [1.29, 1.82) is 0 Å². The summed E-state index contributed by atoms with van der Waals surface area (Å²) in [4.78, 5) is 57.9. The van der Waals surface area contributed by atoms with Gasteiger partial charge >= 0.3 is 13.5 Å². The van der Waals surface area contributed by atoms with E-state index in [1.807, 2.05) is 5.48 Å². The number of nitrogen functional groups attached to an aromatic ring is 1. The molecule has 55 heteroatoms. The maximum atomic E-state index is 15.3. The lowest BCUT2D eigenvalue weighted by Crippen LogP contribution is -2.49. The molecule has 0 spiro atoms. The number of azide groups is 4. The van der Waals surface area contributed by atoms with E-state index >= 15 is 4.39 Å². The van der Waals surface area contributed by atoms with Crippen LogP contribution in [0.2, 0.25) is 0 Å². The number of nitrogens with one attached hydrogen (secondary N) is 2. The Labute approximate surface area is 669 Å². The van der Waals surface area contributed by atoms with Gasteiger partial charge in [0.2, 0.25) is 0 Å². The Bertz CT molecular complexity index is 4370. The highest BCUT2D eigenvalue weighted by Crippen LogP contribution is 2.61. The second kappa shape index (κ2) is 39.8. The Balaban J connectivity index is 0.000000205. The second-order valence-corrected chi connectivity index (χ2v) is 30.2. The molecule has 0 aliphatic carbocycles. The van der Waals surface area contributed by atoms with Crippen LogP contribution in [-0.4, -0.2) is 290 Å². The molecule has 11 rings (SSSR count). The van der Waals surface area contributed by atoms with E-state index in [0.717, 1.165) is 27.4 Å². The van der Waals surface area contributed by atoms with Crippen LogP contribution in [0.1, 0.15) is 47.3 Å². The Morgan fingerprint density at radius 3 is 1.53 bits per heavy atom. The van der Waals surface area contributed by atoms with Gasteiger partial charge in [-0.25, -0.2) is 50.7 Å². The predicted octanol–water partition coefficient (Wildman–Crippen LogP) is 2.58. The molecule has 21 atom stereocenters. The number of ether oxygens (including phenoxy) is 5. The number of rotatable bonds is 21. The van der Waals surface area contributed by atoms with E-state index in [2.05, 4.69) is 96.7 Å². The summed E-state index contributed by atoms with van der Waals surface area (Å²) in [6.07, 6.45) is -14.6. The highest BCUT2D eigenvalue weighted by Gasteiger charge is 2.64. The average molecular weight is 1720 g/mol. The van der Waals surface area contributed by atoms with Crippen LogP contribution in [0.4, 0.5) is 32.2 Å². The summed E-state index contributed by atoms with van der Waals surface area (Å²) in [6, 6.07) is 1.34. The van der Waals surface area contributed by atoms with Gasteiger partial charge in [-0.2, -0.15) is 4.98 Å². The number of anilines is 1. The molecule has 0 saturated carbocycles. The first kappa shape index (κ1) is 95.2. The Hall–Kier alpha value is -9.93. The van der Waals surface area contributed by atoms with E-state index in [-0.39, 0.29) is 59.0 Å². The van der Waals surface area contributed by atoms with Gasteiger partial charge in [0.25, 0.3) is 0 Å². The van der Waals surface area contributed by atoms with Crippen molar-refractivity contribution >= 4 is 53.9 Å². The number of hydroxylamine groups is 1. The molecular formula is C63H88F6N27O20PS. The van der Waals surface area contributed by atoms with E-state index in [0.29, 0.717) is 17.2 Å². The summed E-state index contributed by atoms with van der Waals surface area (Å²) in [7, 11) is -2.56. The maximum absolute atomic E-state index is 15.3. The normalized spacial score (nSPS) is 34.9. The molecule has 10 aliphatic rings. The molecule has 10 aliphatic heterocycles. The number of phosphoric ester groups is 1. The van der Waals surface area contributed by atoms with Crippen molar-refractivity contribution in [3.05, 3.63) is 162 Å². The van der Waals surface area contributed by atoms with E-state index < -0.39 is 204 Å². The SMILES string of the molecule is C=C1N=C(N)C(C)=CN1[C@@H]1O[C@@](CO)(CN=[N+]=[N-])[C@@H](O)[C@H]1F.C=C1N=C(N)C(F)=CN1[C@@H]1O[C@@](CO)(CN=[N+]=[N-])[C@@H](O)[C@H]1F.C=C1N=C(NO)C=CN1[C@@H]1O[C@@](CO)(CN=[N+]=[N-])[C@@H](O)[C@H]1F.C=C1NC(=NC)C=CN1[C@@H]1O[C@@](CO)(CN=[N+]=[N-])[C@@H](O)[C@H]1F.CC[C@]12COP(=O)(OCSC(=O)C(C)(C)C)OC1C(F)[C@H](n1ccc(N)nc1=O)O2. The number of carbonyl (C=O) groups is 1. The summed E-state index contributed by atoms with van der Waals surface area (Å²) >= 11 is 0.823. The molecule has 1 aromatic heterocycles. The van der Waals surface area contributed by atoms with E-state index in [1.165, 1.54) is 51.6 Å². The molecule has 648 valence electrons. The van der Waals surface area contributed by atoms with E-state index in [4.69, 9.17) is 81.8 Å². The minimum Gasteiger partial charge on any atom is -0.393 e. The van der Waals surface area contributed by atoms with Crippen LogP contribution in [0.5, 0.6) is 0 Å². The van der Waals surface area contributed by atoms with Crippen molar-refractivity contribution in [2.45, 2.75) is 162 Å². The Kier molecular flexibility index (Phi) is 32.1. The smallest absolute Gasteiger partial charge is 0.393 e. The summed E-state index contributed by atoms with van der Waals surface area (Å²) in [5.74, 6) is -0.345. The van der Waals surface area contributed by atoms with Crippen LogP contribution in [-0.2, 0) is 46.6 Å². The quantitative estimate of drug-likeness (QED) is 0.0160.